The Bertz CT molecular complexity index is 637. The first-order valence-corrected chi connectivity index (χ1v) is 7.37. The molecule has 1 atom stereocenters. The third-order valence-electron chi connectivity index (χ3n) is 2.95. The molecule has 0 saturated carbocycles. The van der Waals surface area contributed by atoms with E-state index in [0.717, 1.165) is 4.88 Å². The van der Waals surface area contributed by atoms with Crippen molar-refractivity contribution < 1.29 is 4.92 Å². The van der Waals surface area contributed by atoms with Gasteiger partial charge in [-0.2, -0.15) is 5.10 Å². The summed E-state index contributed by atoms with van der Waals surface area (Å²) in [5, 5.41) is 18.6. The van der Waals surface area contributed by atoms with Crippen molar-refractivity contribution in [2.75, 3.05) is 5.32 Å². The van der Waals surface area contributed by atoms with Gasteiger partial charge in [-0.1, -0.05) is 11.6 Å². The zero-order valence-corrected chi connectivity index (χ0v) is 13.0. The molecule has 0 aliphatic rings. The van der Waals surface area contributed by atoms with Gasteiger partial charge >= 0.3 is 5.69 Å². The van der Waals surface area contributed by atoms with Crippen molar-refractivity contribution in [2.24, 2.45) is 0 Å². The number of nitro groups is 1. The molecule has 0 fully saturated rings. The van der Waals surface area contributed by atoms with Crippen LogP contribution in [0.15, 0.2) is 12.1 Å². The van der Waals surface area contributed by atoms with Crippen molar-refractivity contribution in [3.8, 4) is 0 Å². The van der Waals surface area contributed by atoms with E-state index in [-0.39, 0.29) is 11.7 Å². The summed E-state index contributed by atoms with van der Waals surface area (Å²) in [7, 11) is 0. The second-order valence-electron chi connectivity index (χ2n) is 4.36. The standard InChI is InChI=1S/C12H15ClN4O2S/c1-4-16-12(11(17(18)19)8(3)15-16)14-7(2)9-5-6-10(13)20-9/h5-7,14H,4H2,1-3H3. The molecule has 2 rings (SSSR count). The number of hydrogen-bond donors (Lipinski definition) is 1. The summed E-state index contributed by atoms with van der Waals surface area (Å²) >= 11 is 7.37. The summed E-state index contributed by atoms with van der Waals surface area (Å²) in [6.45, 7) is 6.04. The number of nitrogens with zero attached hydrogens (tertiary/aromatic N) is 3. The Kier molecular flexibility index (Phi) is 4.29. The number of nitrogens with one attached hydrogen (secondary N) is 1. The van der Waals surface area contributed by atoms with E-state index in [2.05, 4.69) is 10.4 Å². The maximum atomic E-state index is 11.2. The minimum atomic E-state index is -0.398. The minimum absolute atomic E-state index is 0.0290. The first-order valence-electron chi connectivity index (χ1n) is 6.17. The highest BCUT2D eigenvalue weighted by Crippen LogP contribution is 2.33. The van der Waals surface area contributed by atoms with Gasteiger partial charge in [-0.05, 0) is 32.9 Å². The van der Waals surface area contributed by atoms with Crippen LogP contribution in [0.25, 0.3) is 0 Å². The van der Waals surface area contributed by atoms with E-state index in [1.807, 2.05) is 26.0 Å². The maximum Gasteiger partial charge on any atom is 0.333 e. The quantitative estimate of drug-likeness (QED) is 0.668. The fourth-order valence-electron chi connectivity index (χ4n) is 2.00. The average molecular weight is 315 g/mol. The molecular formula is C12H15ClN4O2S. The van der Waals surface area contributed by atoms with Gasteiger partial charge in [0.15, 0.2) is 0 Å². The van der Waals surface area contributed by atoms with Crippen LogP contribution in [-0.2, 0) is 6.54 Å². The second kappa shape index (κ2) is 5.80. The summed E-state index contributed by atoms with van der Waals surface area (Å²) in [6.07, 6.45) is 0. The predicted molar refractivity (Wildman–Crippen MR) is 80.7 cm³/mol. The van der Waals surface area contributed by atoms with Gasteiger partial charge in [0.2, 0.25) is 5.82 Å². The van der Waals surface area contributed by atoms with E-state index in [1.165, 1.54) is 11.3 Å². The molecule has 0 bridgehead atoms. The molecule has 20 heavy (non-hydrogen) atoms. The van der Waals surface area contributed by atoms with E-state index in [4.69, 9.17) is 11.6 Å². The Morgan fingerprint density at radius 3 is 2.80 bits per heavy atom. The van der Waals surface area contributed by atoms with E-state index >= 15 is 0 Å². The Balaban J connectivity index is 2.34. The Hall–Kier alpha value is -1.60. The largest absolute Gasteiger partial charge is 0.357 e. The average Bonchev–Trinajstić information content (AvgIpc) is 2.93. The maximum absolute atomic E-state index is 11.2. The lowest BCUT2D eigenvalue weighted by Crippen LogP contribution is -2.11. The number of thiophene rings is 1. The molecule has 0 amide bonds. The molecule has 6 nitrogen and oxygen atoms in total. The molecule has 0 aliphatic carbocycles. The highest BCUT2D eigenvalue weighted by Gasteiger charge is 2.26. The SMILES string of the molecule is CCn1nc(C)c([N+](=O)[O-])c1NC(C)c1ccc(Cl)s1. The van der Waals surface area contributed by atoms with Crippen LogP contribution in [0.4, 0.5) is 11.5 Å². The van der Waals surface area contributed by atoms with Crippen LogP contribution in [0.1, 0.15) is 30.5 Å². The van der Waals surface area contributed by atoms with Crippen molar-refractivity contribution in [3.63, 3.8) is 0 Å². The molecule has 1 N–H and O–H groups in total. The van der Waals surface area contributed by atoms with Gasteiger partial charge in [-0.15, -0.1) is 11.3 Å². The molecule has 0 saturated heterocycles. The van der Waals surface area contributed by atoms with E-state index in [9.17, 15) is 10.1 Å². The van der Waals surface area contributed by atoms with Crippen molar-refractivity contribution in [1.29, 1.82) is 0 Å². The lowest BCUT2D eigenvalue weighted by molar-refractivity contribution is -0.384. The summed E-state index contributed by atoms with van der Waals surface area (Å²) in [5.41, 5.74) is 0.442. The molecule has 0 aliphatic heterocycles. The highest BCUT2D eigenvalue weighted by molar-refractivity contribution is 7.16. The summed E-state index contributed by atoms with van der Waals surface area (Å²) in [5.74, 6) is 0.437. The predicted octanol–water partition coefficient (Wildman–Crippen LogP) is 4.01. The van der Waals surface area contributed by atoms with E-state index in [1.54, 1.807) is 11.6 Å². The van der Waals surface area contributed by atoms with Crippen LogP contribution in [0.5, 0.6) is 0 Å². The molecule has 0 spiro atoms. The van der Waals surface area contributed by atoms with Gasteiger partial charge in [0.1, 0.15) is 5.69 Å². The van der Waals surface area contributed by atoms with Crippen molar-refractivity contribution >= 4 is 34.4 Å². The molecule has 0 aromatic carbocycles. The number of aryl methyl sites for hydroxylation is 2. The molecule has 2 heterocycles. The first kappa shape index (κ1) is 14.8. The number of hydrogen-bond acceptors (Lipinski definition) is 5. The van der Waals surface area contributed by atoms with Gasteiger partial charge in [-0.25, -0.2) is 4.68 Å². The Morgan fingerprint density at radius 1 is 1.60 bits per heavy atom. The summed E-state index contributed by atoms with van der Waals surface area (Å²) in [4.78, 5) is 11.8. The number of rotatable bonds is 5. The Labute approximate surface area is 125 Å². The second-order valence-corrected chi connectivity index (χ2v) is 6.11. The van der Waals surface area contributed by atoms with Crippen LogP contribution >= 0.6 is 22.9 Å². The highest BCUT2D eigenvalue weighted by atomic mass is 35.5. The van der Waals surface area contributed by atoms with Gasteiger partial charge < -0.3 is 5.32 Å². The van der Waals surface area contributed by atoms with Gasteiger partial charge in [0.25, 0.3) is 0 Å². The van der Waals surface area contributed by atoms with Crippen molar-refractivity contribution in [2.45, 2.75) is 33.4 Å². The molecule has 0 radical (unpaired) electrons. The molecule has 8 heteroatoms. The number of halogens is 1. The van der Waals surface area contributed by atoms with Crippen molar-refractivity contribution in [1.82, 2.24) is 9.78 Å². The first-order chi connectivity index (χ1) is 9.43. The summed E-state index contributed by atoms with van der Waals surface area (Å²) in [6, 6.07) is 3.65. The lowest BCUT2D eigenvalue weighted by atomic mass is 10.2. The van der Waals surface area contributed by atoms with Gasteiger partial charge in [-0.3, -0.25) is 10.1 Å². The van der Waals surface area contributed by atoms with E-state index < -0.39 is 4.92 Å². The topological polar surface area (TPSA) is 73.0 Å². The molecule has 108 valence electrons. The van der Waals surface area contributed by atoms with Crippen LogP contribution in [0, 0.1) is 17.0 Å². The fourth-order valence-corrected chi connectivity index (χ4v) is 3.06. The molecule has 2 aromatic heterocycles. The third kappa shape index (κ3) is 2.78. The normalized spacial score (nSPS) is 12.4. The molecule has 1 unspecified atom stereocenters. The zero-order valence-electron chi connectivity index (χ0n) is 11.4. The van der Waals surface area contributed by atoms with Crippen LogP contribution in [0.3, 0.4) is 0 Å². The lowest BCUT2D eigenvalue weighted by Gasteiger charge is -2.13. The van der Waals surface area contributed by atoms with Crippen LogP contribution in [-0.4, -0.2) is 14.7 Å². The van der Waals surface area contributed by atoms with Gasteiger partial charge in [0, 0.05) is 11.4 Å². The van der Waals surface area contributed by atoms with Gasteiger partial charge in [0.05, 0.1) is 15.3 Å². The molecular weight excluding hydrogens is 300 g/mol. The van der Waals surface area contributed by atoms with Crippen LogP contribution < -0.4 is 5.32 Å². The van der Waals surface area contributed by atoms with E-state index in [0.29, 0.717) is 22.4 Å². The smallest absolute Gasteiger partial charge is 0.333 e. The number of aromatic nitrogens is 2. The fraction of sp³-hybridized carbons (Fsp3) is 0.417. The summed E-state index contributed by atoms with van der Waals surface area (Å²) < 4.78 is 2.31. The Morgan fingerprint density at radius 2 is 2.30 bits per heavy atom. The molecule has 2 aromatic rings. The number of anilines is 1. The minimum Gasteiger partial charge on any atom is -0.357 e. The third-order valence-corrected chi connectivity index (χ3v) is 4.37. The van der Waals surface area contributed by atoms with Crippen LogP contribution in [0.2, 0.25) is 4.34 Å². The van der Waals surface area contributed by atoms with Crippen molar-refractivity contribution in [3.05, 3.63) is 37.2 Å². The monoisotopic (exact) mass is 314 g/mol. The zero-order chi connectivity index (χ0) is 14.9.